The molecule has 0 bridgehead atoms. The number of thiazole rings is 1. The highest BCUT2D eigenvalue weighted by Crippen LogP contribution is 2.12. The van der Waals surface area contributed by atoms with E-state index in [0.717, 1.165) is 11.4 Å². The Bertz CT molecular complexity index is 335. The monoisotopic (exact) mass is 153 g/mol. The van der Waals surface area contributed by atoms with Crippen LogP contribution in [0.1, 0.15) is 12.6 Å². The summed E-state index contributed by atoms with van der Waals surface area (Å²) in [5, 5.41) is 6.16. The first-order valence-electron chi connectivity index (χ1n) is 3.18. The molecular formula is C6H7N3S. The summed E-state index contributed by atoms with van der Waals surface area (Å²) in [6.07, 6.45) is 2.61. The summed E-state index contributed by atoms with van der Waals surface area (Å²) in [7, 11) is 0. The summed E-state index contributed by atoms with van der Waals surface area (Å²) >= 11 is 1.63. The van der Waals surface area contributed by atoms with Gasteiger partial charge in [0.2, 0.25) is 4.96 Å². The van der Waals surface area contributed by atoms with E-state index in [9.17, 15) is 0 Å². The minimum absolute atomic E-state index is 0.983. The minimum Gasteiger partial charge on any atom is -0.208 e. The van der Waals surface area contributed by atoms with Crippen LogP contribution in [0.3, 0.4) is 0 Å². The molecule has 2 aromatic rings. The molecule has 3 nitrogen and oxygen atoms in total. The van der Waals surface area contributed by atoms with E-state index in [2.05, 4.69) is 22.4 Å². The van der Waals surface area contributed by atoms with Gasteiger partial charge >= 0.3 is 0 Å². The molecule has 2 heterocycles. The minimum atomic E-state index is 0.983. The lowest BCUT2D eigenvalue weighted by atomic mass is 10.4. The van der Waals surface area contributed by atoms with Crippen molar-refractivity contribution >= 4 is 16.3 Å². The highest BCUT2D eigenvalue weighted by molar-refractivity contribution is 7.15. The van der Waals surface area contributed by atoms with Crippen LogP contribution in [0.15, 0.2) is 11.7 Å². The van der Waals surface area contributed by atoms with Crippen molar-refractivity contribution in [2.75, 3.05) is 0 Å². The normalized spacial score (nSPS) is 10.9. The van der Waals surface area contributed by atoms with Gasteiger partial charge < -0.3 is 0 Å². The third-order valence-electron chi connectivity index (χ3n) is 1.45. The van der Waals surface area contributed by atoms with Crippen molar-refractivity contribution in [2.45, 2.75) is 13.3 Å². The molecule has 10 heavy (non-hydrogen) atoms. The second-order valence-corrected chi connectivity index (χ2v) is 2.87. The average Bonchev–Trinajstić information content (AvgIpc) is 2.44. The lowest BCUT2D eigenvalue weighted by molar-refractivity contribution is 0.882. The van der Waals surface area contributed by atoms with Gasteiger partial charge in [-0.25, -0.2) is 9.50 Å². The van der Waals surface area contributed by atoms with E-state index in [4.69, 9.17) is 0 Å². The fraction of sp³-hybridized carbons (Fsp3) is 0.333. The summed E-state index contributed by atoms with van der Waals surface area (Å²) in [6, 6.07) is 0. The number of rotatable bonds is 1. The van der Waals surface area contributed by atoms with E-state index in [1.165, 1.54) is 5.69 Å². The average molecular weight is 153 g/mol. The molecule has 0 aliphatic rings. The maximum atomic E-state index is 4.07. The van der Waals surface area contributed by atoms with Crippen molar-refractivity contribution in [3.05, 3.63) is 17.4 Å². The molecule has 0 saturated heterocycles. The van der Waals surface area contributed by atoms with Gasteiger partial charge in [0.1, 0.15) is 6.33 Å². The third kappa shape index (κ3) is 0.654. The van der Waals surface area contributed by atoms with Crippen LogP contribution in [0.4, 0.5) is 0 Å². The summed E-state index contributed by atoms with van der Waals surface area (Å²) in [5.74, 6) is 0. The SMILES string of the molecule is CCc1csc2ncnn12. The molecule has 52 valence electrons. The molecule has 2 rings (SSSR count). The van der Waals surface area contributed by atoms with Crippen LogP contribution >= 0.6 is 11.3 Å². The van der Waals surface area contributed by atoms with Crippen LogP contribution in [0, 0.1) is 0 Å². The molecule has 0 spiro atoms. The highest BCUT2D eigenvalue weighted by Gasteiger charge is 2.00. The van der Waals surface area contributed by atoms with Crippen LogP contribution < -0.4 is 0 Å². The zero-order valence-corrected chi connectivity index (χ0v) is 6.43. The molecule has 0 unspecified atom stereocenters. The first-order valence-corrected chi connectivity index (χ1v) is 4.06. The van der Waals surface area contributed by atoms with Gasteiger partial charge in [-0.2, -0.15) is 5.10 Å². The first kappa shape index (κ1) is 5.85. The van der Waals surface area contributed by atoms with Gasteiger partial charge in [-0.3, -0.25) is 0 Å². The number of hydrogen-bond acceptors (Lipinski definition) is 3. The second kappa shape index (κ2) is 2.05. The predicted molar refractivity (Wildman–Crippen MR) is 40.2 cm³/mol. The van der Waals surface area contributed by atoms with Crippen LogP contribution in [0.25, 0.3) is 4.96 Å². The third-order valence-corrected chi connectivity index (χ3v) is 2.33. The Hall–Kier alpha value is -0.900. The summed E-state index contributed by atoms with van der Waals surface area (Å²) in [5.41, 5.74) is 1.23. The van der Waals surface area contributed by atoms with Crippen molar-refractivity contribution in [2.24, 2.45) is 0 Å². The Kier molecular flexibility index (Phi) is 1.20. The summed E-state index contributed by atoms with van der Waals surface area (Å²) in [4.78, 5) is 5.04. The van der Waals surface area contributed by atoms with E-state index >= 15 is 0 Å². The van der Waals surface area contributed by atoms with E-state index < -0.39 is 0 Å². The first-order chi connectivity index (χ1) is 4.92. The van der Waals surface area contributed by atoms with Gasteiger partial charge in [-0.05, 0) is 6.42 Å². The van der Waals surface area contributed by atoms with E-state index in [-0.39, 0.29) is 0 Å². The molecule has 0 atom stereocenters. The van der Waals surface area contributed by atoms with Crippen molar-refractivity contribution in [3.8, 4) is 0 Å². The van der Waals surface area contributed by atoms with Crippen molar-refractivity contribution in [1.82, 2.24) is 14.6 Å². The Morgan fingerprint density at radius 3 is 3.40 bits per heavy atom. The molecule has 4 heteroatoms. The number of aromatic nitrogens is 3. The molecule has 0 N–H and O–H groups in total. The Balaban J connectivity index is 2.76. The van der Waals surface area contributed by atoms with Gasteiger partial charge in [-0.1, -0.05) is 6.92 Å². The maximum absolute atomic E-state index is 4.07. The number of hydrogen-bond donors (Lipinski definition) is 0. The molecule has 0 radical (unpaired) electrons. The van der Waals surface area contributed by atoms with Gasteiger partial charge in [0.05, 0.1) is 5.69 Å². The van der Waals surface area contributed by atoms with Crippen LogP contribution in [-0.2, 0) is 6.42 Å². The smallest absolute Gasteiger partial charge is 0.208 e. The summed E-state index contributed by atoms with van der Waals surface area (Å²) in [6.45, 7) is 2.11. The maximum Gasteiger partial charge on any atom is 0.212 e. The largest absolute Gasteiger partial charge is 0.212 e. The van der Waals surface area contributed by atoms with Crippen molar-refractivity contribution < 1.29 is 0 Å². The molecular weight excluding hydrogens is 146 g/mol. The lowest BCUT2D eigenvalue weighted by Gasteiger charge is -1.86. The molecule has 2 aromatic heterocycles. The lowest BCUT2D eigenvalue weighted by Crippen LogP contribution is -1.88. The van der Waals surface area contributed by atoms with E-state index in [1.807, 2.05) is 4.52 Å². The van der Waals surface area contributed by atoms with Crippen LogP contribution in [-0.4, -0.2) is 14.6 Å². The van der Waals surface area contributed by atoms with Gasteiger partial charge in [-0.15, -0.1) is 11.3 Å². The van der Waals surface area contributed by atoms with Gasteiger partial charge in [0.15, 0.2) is 0 Å². The fourth-order valence-corrected chi connectivity index (χ4v) is 1.79. The highest BCUT2D eigenvalue weighted by atomic mass is 32.1. The molecule has 0 aliphatic carbocycles. The zero-order valence-electron chi connectivity index (χ0n) is 5.61. The van der Waals surface area contributed by atoms with E-state index in [1.54, 1.807) is 17.7 Å². The number of fused-ring (bicyclic) bond motifs is 1. The Morgan fingerprint density at radius 2 is 2.60 bits per heavy atom. The molecule has 0 saturated carbocycles. The Labute approximate surface area is 62.3 Å². The molecule has 0 aromatic carbocycles. The standard InChI is InChI=1S/C6H7N3S/c1-2-5-3-10-6-7-4-8-9(5)6/h3-4H,2H2,1H3. The quantitative estimate of drug-likeness (QED) is 0.619. The molecule has 0 amide bonds. The Morgan fingerprint density at radius 1 is 1.70 bits per heavy atom. The number of nitrogens with zero attached hydrogens (tertiary/aromatic N) is 3. The van der Waals surface area contributed by atoms with Crippen molar-refractivity contribution in [1.29, 1.82) is 0 Å². The van der Waals surface area contributed by atoms with Crippen molar-refractivity contribution in [3.63, 3.8) is 0 Å². The molecule has 0 fully saturated rings. The molecule has 0 aliphatic heterocycles. The second-order valence-electron chi connectivity index (χ2n) is 2.04. The van der Waals surface area contributed by atoms with Gasteiger partial charge in [0, 0.05) is 5.38 Å². The van der Waals surface area contributed by atoms with Gasteiger partial charge in [0.25, 0.3) is 0 Å². The fourth-order valence-electron chi connectivity index (χ4n) is 0.912. The number of aryl methyl sites for hydroxylation is 1. The van der Waals surface area contributed by atoms with Crippen LogP contribution in [0.2, 0.25) is 0 Å². The van der Waals surface area contributed by atoms with E-state index in [0.29, 0.717) is 0 Å². The topological polar surface area (TPSA) is 30.2 Å². The van der Waals surface area contributed by atoms with Crippen LogP contribution in [0.5, 0.6) is 0 Å². The summed E-state index contributed by atoms with van der Waals surface area (Å²) < 4.78 is 1.88. The predicted octanol–water partition coefficient (Wildman–Crippen LogP) is 1.35. The zero-order chi connectivity index (χ0) is 6.97.